The molecule has 96 valence electrons. The van der Waals surface area contributed by atoms with E-state index in [1.807, 2.05) is 6.92 Å². The van der Waals surface area contributed by atoms with Gasteiger partial charge in [0.15, 0.2) is 0 Å². The van der Waals surface area contributed by atoms with Gasteiger partial charge < -0.3 is 0 Å². The van der Waals surface area contributed by atoms with Crippen LogP contribution in [-0.4, -0.2) is 21.7 Å². The average molecular weight is 248 g/mol. The summed E-state index contributed by atoms with van der Waals surface area (Å²) < 4.78 is 38.6. The molecule has 1 heterocycles. The number of alkyl halides is 3. The lowest BCUT2D eigenvalue weighted by atomic mass is 10.1. The summed E-state index contributed by atoms with van der Waals surface area (Å²) in [4.78, 5) is 11.2. The molecular weight excluding hydrogens is 233 g/mol. The second-order valence-electron chi connectivity index (χ2n) is 3.95. The number of carbonyl (C=O) groups is 1. The fourth-order valence-electron chi connectivity index (χ4n) is 1.69. The average Bonchev–Trinajstić information content (AvgIpc) is 2.49. The van der Waals surface area contributed by atoms with Crippen LogP contribution in [0, 0.1) is 13.8 Å². The molecule has 0 radical (unpaired) electrons. The van der Waals surface area contributed by atoms with Crippen LogP contribution in [0.4, 0.5) is 13.2 Å². The number of carbonyl (C=O) groups excluding carboxylic acids is 1. The van der Waals surface area contributed by atoms with Crippen LogP contribution < -0.4 is 0 Å². The maximum absolute atomic E-state index is 12.4. The fraction of sp³-hybridized carbons (Fsp3) is 0.636. The van der Waals surface area contributed by atoms with Crippen molar-refractivity contribution in [3.8, 4) is 0 Å². The van der Waals surface area contributed by atoms with Crippen LogP contribution in [0.15, 0.2) is 0 Å². The molecule has 0 aliphatic carbocycles. The Labute approximate surface area is 97.6 Å². The summed E-state index contributed by atoms with van der Waals surface area (Å²) in [5.74, 6) is -1.81. The lowest BCUT2D eigenvalue weighted by Crippen LogP contribution is -2.24. The number of unbranched alkanes of at least 4 members (excludes halogenated alkanes) is 1. The maximum Gasteiger partial charge on any atom is 0.455 e. The van der Waals surface area contributed by atoms with Crippen molar-refractivity contribution >= 4 is 5.78 Å². The molecular formula is C11H15F3N2O. The SMILES string of the molecule is CCCCn1nc(C)c(C(=O)C(F)(F)F)c1C. The van der Waals surface area contributed by atoms with Crippen molar-refractivity contribution in [1.29, 1.82) is 0 Å². The number of aryl methyl sites for hydroxylation is 2. The van der Waals surface area contributed by atoms with Crippen molar-refractivity contribution in [3.05, 3.63) is 17.0 Å². The third kappa shape index (κ3) is 2.87. The quantitative estimate of drug-likeness (QED) is 0.767. The highest BCUT2D eigenvalue weighted by Crippen LogP contribution is 2.25. The summed E-state index contributed by atoms with van der Waals surface area (Å²) in [6, 6.07) is 0. The maximum atomic E-state index is 12.4. The zero-order valence-electron chi connectivity index (χ0n) is 10.1. The van der Waals surface area contributed by atoms with Gasteiger partial charge >= 0.3 is 6.18 Å². The lowest BCUT2D eigenvalue weighted by Gasteiger charge is -2.06. The number of aromatic nitrogens is 2. The molecule has 0 bridgehead atoms. The van der Waals surface area contributed by atoms with E-state index in [0.717, 1.165) is 12.8 Å². The van der Waals surface area contributed by atoms with Gasteiger partial charge in [0, 0.05) is 12.2 Å². The van der Waals surface area contributed by atoms with E-state index in [1.54, 1.807) is 0 Å². The Morgan fingerprint density at radius 2 is 1.94 bits per heavy atom. The topological polar surface area (TPSA) is 34.9 Å². The van der Waals surface area contributed by atoms with Gasteiger partial charge in [0.05, 0.1) is 11.3 Å². The van der Waals surface area contributed by atoms with Crippen LogP contribution in [-0.2, 0) is 6.54 Å². The molecule has 3 nitrogen and oxygen atoms in total. The van der Waals surface area contributed by atoms with Gasteiger partial charge in [0.25, 0.3) is 5.78 Å². The minimum Gasteiger partial charge on any atom is -0.284 e. The molecule has 0 amide bonds. The number of rotatable bonds is 4. The molecule has 17 heavy (non-hydrogen) atoms. The molecule has 0 saturated carbocycles. The first-order valence-corrected chi connectivity index (χ1v) is 5.44. The minimum absolute atomic E-state index is 0.140. The first kappa shape index (κ1) is 13.7. The zero-order valence-corrected chi connectivity index (χ0v) is 10.1. The van der Waals surface area contributed by atoms with E-state index < -0.39 is 12.0 Å². The highest BCUT2D eigenvalue weighted by Gasteiger charge is 2.42. The first-order valence-electron chi connectivity index (χ1n) is 5.44. The van der Waals surface area contributed by atoms with Gasteiger partial charge in [0.1, 0.15) is 0 Å². The van der Waals surface area contributed by atoms with Gasteiger partial charge in [-0.2, -0.15) is 18.3 Å². The number of halogens is 3. The third-order valence-electron chi connectivity index (χ3n) is 2.59. The third-order valence-corrected chi connectivity index (χ3v) is 2.59. The number of hydrogen-bond donors (Lipinski definition) is 0. The van der Waals surface area contributed by atoms with E-state index in [2.05, 4.69) is 5.10 Å². The molecule has 0 unspecified atom stereocenters. The van der Waals surface area contributed by atoms with Crippen LogP contribution in [0.3, 0.4) is 0 Å². The van der Waals surface area contributed by atoms with Gasteiger partial charge in [-0.3, -0.25) is 9.48 Å². The Bertz CT molecular complexity index is 421. The van der Waals surface area contributed by atoms with E-state index in [0.29, 0.717) is 12.2 Å². The van der Waals surface area contributed by atoms with Crippen molar-refractivity contribution in [2.24, 2.45) is 0 Å². The van der Waals surface area contributed by atoms with Crippen molar-refractivity contribution in [3.63, 3.8) is 0 Å². The number of hydrogen-bond acceptors (Lipinski definition) is 2. The van der Waals surface area contributed by atoms with Crippen molar-refractivity contribution in [2.45, 2.75) is 46.3 Å². The van der Waals surface area contributed by atoms with Crippen molar-refractivity contribution in [1.82, 2.24) is 9.78 Å². The summed E-state index contributed by atoms with van der Waals surface area (Å²) in [6.45, 7) is 5.44. The van der Waals surface area contributed by atoms with Gasteiger partial charge in [-0.15, -0.1) is 0 Å². The molecule has 0 aliphatic rings. The van der Waals surface area contributed by atoms with Crippen LogP contribution in [0.5, 0.6) is 0 Å². The Kier molecular flexibility index (Phi) is 3.95. The lowest BCUT2D eigenvalue weighted by molar-refractivity contribution is -0.0886. The van der Waals surface area contributed by atoms with Crippen molar-refractivity contribution < 1.29 is 18.0 Å². The highest BCUT2D eigenvalue weighted by molar-refractivity contribution is 6.02. The second kappa shape index (κ2) is 4.89. The van der Waals surface area contributed by atoms with E-state index >= 15 is 0 Å². The largest absolute Gasteiger partial charge is 0.455 e. The van der Waals surface area contributed by atoms with Crippen LogP contribution in [0.1, 0.15) is 41.5 Å². The van der Waals surface area contributed by atoms with E-state index in [9.17, 15) is 18.0 Å². The van der Waals surface area contributed by atoms with Gasteiger partial charge in [-0.25, -0.2) is 0 Å². The van der Waals surface area contributed by atoms with Crippen molar-refractivity contribution in [2.75, 3.05) is 0 Å². The normalized spacial score (nSPS) is 11.9. The minimum atomic E-state index is -4.84. The van der Waals surface area contributed by atoms with Gasteiger partial charge in [0.2, 0.25) is 0 Å². The molecule has 6 heteroatoms. The van der Waals surface area contributed by atoms with Gasteiger partial charge in [-0.1, -0.05) is 13.3 Å². The predicted molar refractivity (Wildman–Crippen MR) is 57.0 cm³/mol. The monoisotopic (exact) mass is 248 g/mol. The summed E-state index contributed by atoms with van der Waals surface area (Å²) in [6.07, 6.45) is -3.10. The first-order chi connectivity index (χ1) is 7.79. The summed E-state index contributed by atoms with van der Waals surface area (Å²) in [5.41, 5.74) is 0.118. The molecule has 0 aliphatic heterocycles. The van der Waals surface area contributed by atoms with Crippen LogP contribution >= 0.6 is 0 Å². The molecule has 0 fully saturated rings. The molecule has 0 atom stereocenters. The van der Waals surface area contributed by atoms with Crippen LogP contribution in [0.2, 0.25) is 0 Å². The molecule has 0 aromatic carbocycles. The number of Topliss-reactive ketones (excluding diaryl/α,β-unsaturated/α-hetero) is 1. The summed E-state index contributed by atoms with van der Waals surface area (Å²) in [7, 11) is 0. The molecule has 0 spiro atoms. The standard InChI is InChI=1S/C11H15F3N2O/c1-4-5-6-16-8(3)9(7(2)15-16)10(17)11(12,13)14/h4-6H2,1-3H3. The molecule has 1 aromatic heterocycles. The smallest absolute Gasteiger partial charge is 0.284 e. The van der Waals surface area contributed by atoms with E-state index in [1.165, 1.54) is 18.5 Å². The number of ketones is 1. The predicted octanol–water partition coefficient (Wildman–Crippen LogP) is 3.05. The second-order valence-corrected chi connectivity index (χ2v) is 3.95. The number of nitrogens with zero attached hydrogens (tertiary/aromatic N) is 2. The summed E-state index contributed by atoms with van der Waals surface area (Å²) in [5, 5.41) is 3.98. The Hall–Kier alpha value is -1.33. The molecule has 0 N–H and O–H groups in total. The zero-order chi connectivity index (χ0) is 13.2. The Morgan fingerprint density at radius 3 is 2.41 bits per heavy atom. The van der Waals surface area contributed by atoms with Crippen LogP contribution in [0.25, 0.3) is 0 Å². The molecule has 0 saturated heterocycles. The Morgan fingerprint density at radius 1 is 1.35 bits per heavy atom. The molecule has 1 aromatic rings. The highest BCUT2D eigenvalue weighted by atomic mass is 19.4. The van der Waals surface area contributed by atoms with Gasteiger partial charge in [-0.05, 0) is 20.3 Å². The Balaban J connectivity index is 3.09. The van der Waals surface area contributed by atoms with E-state index in [-0.39, 0.29) is 11.3 Å². The summed E-state index contributed by atoms with van der Waals surface area (Å²) >= 11 is 0. The van der Waals surface area contributed by atoms with E-state index in [4.69, 9.17) is 0 Å². The molecule has 1 rings (SSSR count). The fourth-order valence-corrected chi connectivity index (χ4v) is 1.69.